The van der Waals surface area contributed by atoms with Crippen molar-refractivity contribution in [2.45, 2.75) is 39.0 Å². The van der Waals surface area contributed by atoms with Crippen molar-refractivity contribution in [3.05, 3.63) is 35.6 Å². The van der Waals surface area contributed by atoms with E-state index in [1.807, 2.05) is 6.92 Å². The Morgan fingerprint density at radius 2 is 1.95 bits per heavy atom. The van der Waals surface area contributed by atoms with Crippen LogP contribution in [0.4, 0.5) is 4.39 Å². The lowest BCUT2D eigenvalue weighted by Gasteiger charge is -2.18. The lowest BCUT2D eigenvalue weighted by atomic mass is 9.92. The van der Waals surface area contributed by atoms with Gasteiger partial charge in [0.2, 0.25) is 5.91 Å². The van der Waals surface area contributed by atoms with Crippen molar-refractivity contribution in [3.8, 4) is 0 Å². The number of amides is 1. The van der Waals surface area contributed by atoms with E-state index >= 15 is 0 Å². The van der Waals surface area contributed by atoms with Crippen molar-refractivity contribution in [3.63, 3.8) is 0 Å². The number of carbonyl (C=O) groups is 1. The minimum Gasteiger partial charge on any atom is -0.356 e. The fourth-order valence-corrected chi connectivity index (χ4v) is 2.81. The third-order valence-corrected chi connectivity index (χ3v) is 4.15. The van der Waals surface area contributed by atoms with Gasteiger partial charge in [0, 0.05) is 12.5 Å². The van der Waals surface area contributed by atoms with Crippen LogP contribution in [-0.4, -0.2) is 12.5 Å². The summed E-state index contributed by atoms with van der Waals surface area (Å²) < 4.78 is 12.7. The van der Waals surface area contributed by atoms with Gasteiger partial charge in [-0.2, -0.15) is 0 Å². The number of nitrogens with one attached hydrogen (secondary N) is 1. The summed E-state index contributed by atoms with van der Waals surface area (Å²) >= 11 is 0. The molecule has 0 heterocycles. The summed E-state index contributed by atoms with van der Waals surface area (Å²) in [6, 6.07) is 6.44. The largest absolute Gasteiger partial charge is 0.356 e. The molecule has 19 heavy (non-hydrogen) atoms. The van der Waals surface area contributed by atoms with Gasteiger partial charge in [0.05, 0.1) is 0 Å². The van der Waals surface area contributed by atoms with Gasteiger partial charge in [-0.05, 0) is 42.9 Å². The van der Waals surface area contributed by atoms with Crippen LogP contribution in [0.5, 0.6) is 0 Å². The predicted molar refractivity (Wildman–Crippen MR) is 74.2 cm³/mol. The minimum atomic E-state index is -0.220. The highest BCUT2D eigenvalue weighted by Gasteiger charge is 2.26. The van der Waals surface area contributed by atoms with Crippen LogP contribution in [-0.2, 0) is 11.2 Å². The lowest BCUT2D eigenvalue weighted by Crippen LogP contribution is -2.33. The second-order valence-corrected chi connectivity index (χ2v) is 5.50. The molecule has 3 heteroatoms. The first-order chi connectivity index (χ1) is 9.16. The molecule has 104 valence electrons. The molecule has 1 N–H and O–H groups in total. The van der Waals surface area contributed by atoms with Gasteiger partial charge >= 0.3 is 0 Å². The standard InChI is InChI=1S/C16H22FNO/c1-12(14-4-2-3-5-14)16(19)18-11-10-13-6-8-15(17)9-7-13/h6-9,12,14H,2-5,10-11H2,1H3,(H,18,19). The summed E-state index contributed by atoms with van der Waals surface area (Å²) in [6.45, 7) is 2.66. The lowest BCUT2D eigenvalue weighted by molar-refractivity contribution is -0.125. The molecule has 0 spiro atoms. The summed E-state index contributed by atoms with van der Waals surface area (Å²) in [7, 11) is 0. The zero-order valence-electron chi connectivity index (χ0n) is 11.5. The van der Waals surface area contributed by atoms with E-state index in [0.29, 0.717) is 12.5 Å². The molecule has 1 saturated carbocycles. The maximum absolute atomic E-state index is 12.7. The van der Waals surface area contributed by atoms with Gasteiger partial charge in [-0.25, -0.2) is 4.39 Å². The van der Waals surface area contributed by atoms with Crippen molar-refractivity contribution < 1.29 is 9.18 Å². The van der Waals surface area contributed by atoms with Gasteiger partial charge in [0.15, 0.2) is 0 Å². The number of carbonyl (C=O) groups excluding carboxylic acids is 1. The molecule has 0 saturated heterocycles. The van der Waals surface area contributed by atoms with Crippen molar-refractivity contribution in [2.24, 2.45) is 11.8 Å². The Labute approximate surface area is 114 Å². The fourth-order valence-electron chi connectivity index (χ4n) is 2.81. The maximum Gasteiger partial charge on any atom is 0.223 e. The Bertz CT molecular complexity index is 409. The monoisotopic (exact) mass is 263 g/mol. The molecule has 0 aliphatic heterocycles. The van der Waals surface area contributed by atoms with E-state index in [0.717, 1.165) is 12.0 Å². The van der Waals surface area contributed by atoms with E-state index in [4.69, 9.17) is 0 Å². The highest BCUT2D eigenvalue weighted by molar-refractivity contribution is 5.78. The molecule has 0 aromatic heterocycles. The molecule has 1 amide bonds. The molecule has 1 unspecified atom stereocenters. The summed E-state index contributed by atoms with van der Waals surface area (Å²) in [5, 5.41) is 2.99. The Morgan fingerprint density at radius 3 is 2.58 bits per heavy atom. The van der Waals surface area contributed by atoms with Gasteiger partial charge < -0.3 is 5.32 Å². The molecule has 0 radical (unpaired) electrons. The third-order valence-electron chi connectivity index (χ3n) is 4.15. The number of hydrogen-bond donors (Lipinski definition) is 1. The van der Waals surface area contributed by atoms with Crippen LogP contribution in [0.25, 0.3) is 0 Å². The quantitative estimate of drug-likeness (QED) is 0.867. The molecule has 1 aliphatic rings. The average Bonchev–Trinajstić information content (AvgIpc) is 2.94. The van der Waals surface area contributed by atoms with Crippen LogP contribution < -0.4 is 5.32 Å². The van der Waals surface area contributed by atoms with Crippen molar-refractivity contribution in [2.75, 3.05) is 6.54 Å². The molecule has 1 atom stereocenters. The van der Waals surface area contributed by atoms with Crippen LogP contribution in [0, 0.1) is 17.7 Å². The third kappa shape index (κ3) is 4.05. The van der Waals surface area contributed by atoms with Crippen LogP contribution in [0.1, 0.15) is 38.2 Å². The Balaban J connectivity index is 1.72. The average molecular weight is 263 g/mol. The summed E-state index contributed by atoms with van der Waals surface area (Å²) in [4.78, 5) is 12.0. The van der Waals surface area contributed by atoms with Gasteiger partial charge in [0.25, 0.3) is 0 Å². The zero-order valence-corrected chi connectivity index (χ0v) is 11.5. The molecular formula is C16H22FNO. The first-order valence-electron chi connectivity index (χ1n) is 7.19. The van der Waals surface area contributed by atoms with Crippen LogP contribution in [0.15, 0.2) is 24.3 Å². The molecule has 1 aromatic carbocycles. The Morgan fingerprint density at radius 1 is 1.32 bits per heavy atom. The van der Waals surface area contributed by atoms with Crippen LogP contribution >= 0.6 is 0 Å². The molecule has 1 fully saturated rings. The van der Waals surface area contributed by atoms with E-state index < -0.39 is 0 Å². The van der Waals surface area contributed by atoms with E-state index in [1.54, 1.807) is 12.1 Å². The van der Waals surface area contributed by atoms with Crippen molar-refractivity contribution in [1.29, 1.82) is 0 Å². The van der Waals surface area contributed by atoms with E-state index in [1.165, 1.54) is 37.8 Å². The highest BCUT2D eigenvalue weighted by Crippen LogP contribution is 2.31. The maximum atomic E-state index is 12.7. The molecule has 2 rings (SSSR count). The number of benzene rings is 1. The van der Waals surface area contributed by atoms with Gasteiger partial charge in [0.1, 0.15) is 5.82 Å². The number of rotatable bonds is 5. The fraction of sp³-hybridized carbons (Fsp3) is 0.562. The minimum absolute atomic E-state index is 0.121. The molecule has 2 nitrogen and oxygen atoms in total. The Kier molecular flexibility index (Phi) is 4.94. The first-order valence-corrected chi connectivity index (χ1v) is 7.19. The SMILES string of the molecule is CC(C(=O)NCCc1ccc(F)cc1)C1CCCC1. The summed E-state index contributed by atoms with van der Waals surface area (Å²) in [5.41, 5.74) is 1.05. The smallest absolute Gasteiger partial charge is 0.223 e. The van der Waals surface area contributed by atoms with Crippen LogP contribution in [0.2, 0.25) is 0 Å². The number of halogens is 1. The van der Waals surface area contributed by atoms with E-state index in [9.17, 15) is 9.18 Å². The number of hydrogen-bond acceptors (Lipinski definition) is 1. The van der Waals surface area contributed by atoms with Crippen LogP contribution in [0.3, 0.4) is 0 Å². The Hall–Kier alpha value is -1.38. The summed E-state index contributed by atoms with van der Waals surface area (Å²) in [5.74, 6) is 0.623. The second kappa shape index (κ2) is 6.69. The predicted octanol–water partition coefficient (Wildman–Crippen LogP) is 3.31. The highest BCUT2D eigenvalue weighted by atomic mass is 19.1. The van der Waals surface area contributed by atoms with Crippen molar-refractivity contribution in [1.82, 2.24) is 5.32 Å². The molecule has 1 aromatic rings. The molecule has 1 aliphatic carbocycles. The van der Waals surface area contributed by atoms with Gasteiger partial charge in [-0.15, -0.1) is 0 Å². The van der Waals surface area contributed by atoms with Gasteiger partial charge in [-0.1, -0.05) is 31.9 Å². The topological polar surface area (TPSA) is 29.1 Å². The first kappa shape index (κ1) is 14.0. The zero-order chi connectivity index (χ0) is 13.7. The van der Waals surface area contributed by atoms with Crippen molar-refractivity contribution >= 4 is 5.91 Å². The summed E-state index contributed by atoms with van der Waals surface area (Å²) in [6.07, 6.45) is 5.65. The van der Waals surface area contributed by atoms with E-state index in [2.05, 4.69) is 5.32 Å². The molecular weight excluding hydrogens is 241 g/mol. The van der Waals surface area contributed by atoms with E-state index in [-0.39, 0.29) is 17.6 Å². The second-order valence-electron chi connectivity index (χ2n) is 5.50. The normalized spacial score (nSPS) is 17.4. The molecule has 0 bridgehead atoms. The van der Waals surface area contributed by atoms with Gasteiger partial charge in [-0.3, -0.25) is 4.79 Å².